The summed E-state index contributed by atoms with van der Waals surface area (Å²) in [7, 11) is -3.49. The van der Waals surface area contributed by atoms with Crippen LogP contribution >= 0.6 is 11.8 Å². The zero-order valence-corrected chi connectivity index (χ0v) is 7.91. The summed E-state index contributed by atoms with van der Waals surface area (Å²) in [6, 6.07) is 0. The molecule has 6 heteroatoms. The molecule has 0 aromatic rings. The van der Waals surface area contributed by atoms with Gasteiger partial charge in [-0.2, -0.15) is 0 Å². The van der Waals surface area contributed by atoms with E-state index in [4.69, 9.17) is 5.73 Å². The molecule has 1 aliphatic rings. The van der Waals surface area contributed by atoms with Gasteiger partial charge in [-0.3, -0.25) is 4.79 Å². The van der Waals surface area contributed by atoms with Gasteiger partial charge in [-0.25, -0.2) is 8.42 Å². The number of carbonyl (C=O) groups is 1. The minimum Gasteiger partial charge on any atom is -0.389 e. The van der Waals surface area contributed by atoms with Gasteiger partial charge in [0.2, 0.25) is 15.0 Å². The summed E-state index contributed by atoms with van der Waals surface area (Å²) in [5.74, 6) is 0. The quantitative estimate of drug-likeness (QED) is 0.651. The molecule has 66 valence electrons. The smallest absolute Gasteiger partial charge is 0.221 e. The average Bonchev–Trinajstić information content (AvgIpc) is 2.27. The molecular weight excluding hydrogens is 198 g/mol. The van der Waals surface area contributed by atoms with Crippen LogP contribution in [0.3, 0.4) is 0 Å². The monoisotopic (exact) mass is 205 g/mol. The molecule has 0 aromatic heterocycles. The van der Waals surface area contributed by atoms with Gasteiger partial charge in [0.25, 0.3) is 0 Å². The van der Waals surface area contributed by atoms with E-state index in [1.807, 2.05) is 0 Å². The van der Waals surface area contributed by atoms with Crippen molar-refractivity contribution in [2.75, 3.05) is 6.26 Å². The molecule has 0 bridgehead atoms. The van der Waals surface area contributed by atoms with Crippen molar-refractivity contribution in [3.05, 3.63) is 22.1 Å². The number of carbonyl (C=O) groups excluding carboxylic acids is 1. The van der Waals surface area contributed by atoms with Crippen molar-refractivity contribution in [3.8, 4) is 0 Å². The second kappa shape index (κ2) is 2.95. The minimum absolute atomic E-state index is 0.0718. The largest absolute Gasteiger partial charge is 0.389 e. The standard InChI is InChI=1S/C6H7NO3S2/c1-11-6(8)4-2-3-12(9,10)5(4)7/h2-3H,7H2,1H3. The number of hydrogen-bond acceptors (Lipinski definition) is 5. The highest BCUT2D eigenvalue weighted by Gasteiger charge is 2.24. The van der Waals surface area contributed by atoms with Crippen molar-refractivity contribution >= 4 is 26.7 Å². The van der Waals surface area contributed by atoms with E-state index in [2.05, 4.69) is 0 Å². The van der Waals surface area contributed by atoms with E-state index in [-0.39, 0.29) is 15.7 Å². The Bertz CT molecular complexity index is 378. The van der Waals surface area contributed by atoms with Crippen molar-refractivity contribution < 1.29 is 13.2 Å². The van der Waals surface area contributed by atoms with Crippen molar-refractivity contribution in [2.24, 2.45) is 5.73 Å². The Balaban J connectivity index is 3.19. The van der Waals surface area contributed by atoms with Crippen LogP contribution in [0.2, 0.25) is 0 Å². The minimum atomic E-state index is -3.49. The van der Waals surface area contributed by atoms with Gasteiger partial charge in [0.1, 0.15) is 5.03 Å². The van der Waals surface area contributed by atoms with Crippen molar-refractivity contribution in [1.82, 2.24) is 0 Å². The predicted molar refractivity (Wildman–Crippen MR) is 47.8 cm³/mol. The Morgan fingerprint density at radius 1 is 1.58 bits per heavy atom. The lowest BCUT2D eigenvalue weighted by molar-refractivity contribution is -0.107. The molecule has 0 fully saturated rings. The van der Waals surface area contributed by atoms with Gasteiger partial charge in [0, 0.05) is 5.41 Å². The summed E-state index contributed by atoms with van der Waals surface area (Å²) in [5.41, 5.74) is 5.30. The van der Waals surface area contributed by atoms with E-state index in [1.54, 1.807) is 6.26 Å². The lowest BCUT2D eigenvalue weighted by atomic mass is 10.3. The Morgan fingerprint density at radius 3 is 2.50 bits per heavy atom. The maximum absolute atomic E-state index is 11.0. The number of rotatable bonds is 1. The molecule has 0 radical (unpaired) electrons. The predicted octanol–water partition coefficient (Wildman–Crippen LogP) is -0.0116. The molecule has 0 saturated heterocycles. The van der Waals surface area contributed by atoms with Crippen LogP contribution in [0.25, 0.3) is 0 Å². The fraction of sp³-hybridized carbons (Fsp3) is 0.167. The van der Waals surface area contributed by atoms with Crippen LogP contribution in [0.5, 0.6) is 0 Å². The van der Waals surface area contributed by atoms with Crippen LogP contribution in [-0.4, -0.2) is 19.8 Å². The van der Waals surface area contributed by atoms with Gasteiger partial charge in [0.05, 0.1) is 5.57 Å². The summed E-state index contributed by atoms with van der Waals surface area (Å²) in [5, 5.41) is 0.262. The van der Waals surface area contributed by atoms with Crippen LogP contribution in [0, 0.1) is 0 Å². The molecule has 0 saturated carbocycles. The van der Waals surface area contributed by atoms with Gasteiger partial charge in [0.15, 0.2) is 0 Å². The van der Waals surface area contributed by atoms with Crippen molar-refractivity contribution in [3.63, 3.8) is 0 Å². The van der Waals surface area contributed by atoms with E-state index < -0.39 is 9.84 Å². The Hall–Kier alpha value is -0.750. The summed E-state index contributed by atoms with van der Waals surface area (Å²) in [4.78, 5) is 11.0. The normalized spacial score (nSPS) is 20.1. The number of thioether (sulfide) groups is 1. The first kappa shape index (κ1) is 9.34. The highest BCUT2D eigenvalue weighted by atomic mass is 32.2. The zero-order valence-electron chi connectivity index (χ0n) is 6.27. The van der Waals surface area contributed by atoms with Crippen LogP contribution in [0.1, 0.15) is 0 Å². The first-order chi connectivity index (χ1) is 5.49. The first-order valence-corrected chi connectivity index (χ1v) is 5.77. The highest BCUT2D eigenvalue weighted by molar-refractivity contribution is 8.13. The van der Waals surface area contributed by atoms with Gasteiger partial charge < -0.3 is 5.73 Å². The topological polar surface area (TPSA) is 77.2 Å². The second-order valence-corrected chi connectivity index (χ2v) is 4.70. The fourth-order valence-electron chi connectivity index (χ4n) is 0.745. The lowest BCUT2D eigenvalue weighted by Crippen LogP contribution is -2.10. The molecule has 12 heavy (non-hydrogen) atoms. The lowest BCUT2D eigenvalue weighted by Gasteiger charge is -1.96. The van der Waals surface area contributed by atoms with E-state index in [1.165, 1.54) is 6.08 Å². The van der Waals surface area contributed by atoms with Gasteiger partial charge >= 0.3 is 0 Å². The maximum atomic E-state index is 11.0. The van der Waals surface area contributed by atoms with Crippen LogP contribution < -0.4 is 5.73 Å². The molecule has 0 atom stereocenters. The SMILES string of the molecule is CSC(=O)C1=C(N)S(=O)(=O)C=C1. The zero-order chi connectivity index (χ0) is 9.35. The molecular formula is C6H7NO3S2. The van der Waals surface area contributed by atoms with E-state index >= 15 is 0 Å². The van der Waals surface area contributed by atoms with Gasteiger partial charge in [-0.05, 0) is 12.3 Å². The maximum Gasteiger partial charge on any atom is 0.221 e. The van der Waals surface area contributed by atoms with Crippen LogP contribution in [0.15, 0.2) is 22.1 Å². The summed E-state index contributed by atoms with van der Waals surface area (Å²) < 4.78 is 21.9. The summed E-state index contributed by atoms with van der Waals surface area (Å²) in [6.07, 6.45) is 2.80. The second-order valence-electron chi connectivity index (χ2n) is 2.12. The fourth-order valence-corrected chi connectivity index (χ4v) is 2.14. The third-order valence-electron chi connectivity index (χ3n) is 1.39. The Morgan fingerprint density at radius 2 is 2.17 bits per heavy atom. The molecule has 0 spiro atoms. The summed E-state index contributed by atoms with van der Waals surface area (Å²) >= 11 is 0.934. The molecule has 0 aliphatic carbocycles. The van der Waals surface area contributed by atoms with E-state index in [9.17, 15) is 13.2 Å². The third kappa shape index (κ3) is 1.39. The highest BCUT2D eigenvalue weighted by Crippen LogP contribution is 2.22. The van der Waals surface area contributed by atoms with Crippen LogP contribution in [-0.2, 0) is 14.6 Å². The van der Waals surface area contributed by atoms with Crippen molar-refractivity contribution in [1.29, 1.82) is 0 Å². The third-order valence-corrected chi connectivity index (χ3v) is 3.31. The number of allylic oxidation sites excluding steroid dienone is 1. The molecule has 0 aromatic carbocycles. The molecule has 0 amide bonds. The van der Waals surface area contributed by atoms with E-state index in [0.29, 0.717) is 0 Å². The number of nitrogens with two attached hydrogens (primary N) is 1. The molecule has 1 aliphatic heterocycles. The number of sulfone groups is 1. The summed E-state index contributed by atoms with van der Waals surface area (Å²) in [6.45, 7) is 0. The van der Waals surface area contributed by atoms with E-state index in [0.717, 1.165) is 17.2 Å². The first-order valence-electron chi connectivity index (χ1n) is 3.00. The molecule has 2 N–H and O–H groups in total. The molecule has 0 unspecified atom stereocenters. The molecule has 4 nitrogen and oxygen atoms in total. The Labute approximate surface area is 74.4 Å². The van der Waals surface area contributed by atoms with Gasteiger partial charge in [-0.1, -0.05) is 11.8 Å². The molecule has 1 rings (SSSR count). The molecule has 1 heterocycles. The van der Waals surface area contributed by atoms with Crippen LogP contribution in [0.4, 0.5) is 0 Å². The number of hydrogen-bond donors (Lipinski definition) is 1. The average molecular weight is 205 g/mol. The van der Waals surface area contributed by atoms with Gasteiger partial charge in [-0.15, -0.1) is 0 Å². The Kier molecular flexibility index (Phi) is 2.29. The van der Waals surface area contributed by atoms with Crippen molar-refractivity contribution in [2.45, 2.75) is 0 Å².